The average Bonchev–Trinajstić information content (AvgIpc) is 3.73. The molecule has 0 saturated heterocycles. The summed E-state index contributed by atoms with van der Waals surface area (Å²) in [4.78, 5) is 5.56. The van der Waals surface area contributed by atoms with E-state index >= 15 is 0 Å². The third kappa shape index (κ3) is 5.06. The van der Waals surface area contributed by atoms with Crippen molar-refractivity contribution in [3.8, 4) is 5.69 Å². The van der Waals surface area contributed by atoms with Gasteiger partial charge in [0.05, 0.1) is 27.8 Å². The molecule has 0 N–H and O–H groups in total. The van der Waals surface area contributed by atoms with Crippen molar-refractivity contribution < 1.29 is 0 Å². The average molecular weight is 677 g/mol. The van der Waals surface area contributed by atoms with Gasteiger partial charge in [0, 0.05) is 16.5 Å². The highest BCUT2D eigenvalue weighted by Gasteiger charge is 2.42. The minimum absolute atomic E-state index is 0.401. The first kappa shape index (κ1) is 31.0. The van der Waals surface area contributed by atoms with Crippen LogP contribution in [0.25, 0.3) is 49.9 Å². The van der Waals surface area contributed by atoms with Crippen LogP contribution in [0, 0.1) is 0 Å². The first-order valence-corrected chi connectivity index (χ1v) is 18.3. The highest BCUT2D eigenvalue weighted by atomic mass is 15.0. The van der Waals surface area contributed by atoms with Crippen molar-refractivity contribution >= 4 is 55.6 Å². The van der Waals surface area contributed by atoms with Crippen molar-refractivity contribution in [1.29, 1.82) is 0 Å². The van der Waals surface area contributed by atoms with E-state index in [1.807, 2.05) is 0 Å². The molecule has 250 valence electrons. The van der Waals surface area contributed by atoms with Crippen LogP contribution in [-0.4, -0.2) is 10.3 Å². The number of nitrogens with zero attached hydrogens (tertiary/aromatic N) is 2. The molecule has 0 bridgehead atoms. The van der Waals surface area contributed by atoms with Crippen molar-refractivity contribution in [2.24, 2.45) is 4.99 Å². The van der Waals surface area contributed by atoms with E-state index in [1.165, 1.54) is 60.5 Å². The van der Waals surface area contributed by atoms with E-state index in [0.717, 1.165) is 28.2 Å². The van der Waals surface area contributed by atoms with E-state index in [0.29, 0.717) is 0 Å². The molecular weight excluding hydrogens is 641 g/mol. The van der Waals surface area contributed by atoms with Crippen LogP contribution in [0.2, 0.25) is 0 Å². The van der Waals surface area contributed by atoms with Gasteiger partial charge < -0.3 is 4.57 Å². The van der Waals surface area contributed by atoms with E-state index in [9.17, 15) is 0 Å². The molecular formula is C51H36N2. The fourth-order valence-corrected chi connectivity index (χ4v) is 8.41. The van der Waals surface area contributed by atoms with Crippen molar-refractivity contribution in [3.63, 3.8) is 0 Å². The SMILES string of the molecule is CC1(c2ccccc2)C(c2ccccc2)=Nc2c1ccc1c2c2ccccc2n1-c1ccc(C(=Cc2ccc3ccccc3c2)c2ccccc2)cc1. The molecule has 0 amide bonds. The van der Waals surface area contributed by atoms with Crippen LogP contribution in [0.3, 0.4) is 0 Å². The Morgan fingerprint density at radius 1 is 0.547 bits per heavy atom. The van der Waals surface area contributed by atoms with E-state index in [1.54, 1.807) is 0 Å². The molecule has 1 aliphatic heterocycles. The third-order valence-corrected chi connectivity index (χ3v) is 11.1. The molecule has 0 aliphatic carbocycles. The van der Waals surface area contributed by atoms with Gasteiger partial charge in [-0.05, 0) is 93.1 Å². The molecule has 2 nitrogen and oxygen atoms in total. The zero-order valence-corrected chi connectivity index (χ0v) is 29.4. The van der Waals surface area contributed by atoms with Gasteiger partial charge in [-0.3, -0.25) is 4.99 Å². The lowest BCUT2D eigenvalue weighted by molar-refractivity contribution is 0.794. The maximum Gasteiger partial charge on any atom is 0.0779 e. The fraction of sp³-hybridized carbons (Fsp3) is 0.0392. The Balaban J connectivity index is 1.14. The molecule has 8 aromatic carbocycles. The van der Waals surface area contributed by atoms with Crippen molar-refractivity contribution in [2.75, 3.05) is 0 Å². The molecule has 2 heterocycles. The number of para-hydroxylation sites is 1. The number of hydrogen-bond donors (Lipinski definition) is 0. The fourth-order valence-electron chi connectivity index (χ4n) is 8.41. The molecule has 0 saturated carbocycles. The Bertz CT molecular complexity index is 2860. The lowest BCUT2D eigenvalue weighted by atomic mass is 9.71. The van der Waals surface area contributed by atoms with Crippen LogP contribution in [-0.2, 0) is 5.41 Å². The monoisotopic (exact) mass is 676 g/mol. The molecule has 1 unspecified atom stereocenters. The molecule has 1 atom stereocenters. The number of aromatic nitrogens is 1. The lowest BCUT2D eigenvalue weighted by Gasteiger charge is -2.29. The van der Waals surface area contributed by atoms with E-state index < -0.39 is 5.41 Å². The minimum Gasteiger partial charge on any atom is -0.309 e. The highest BCUT2D eigenvalue weighted by Crippen LogP contribution is 2.51. The number of aliphatic imine (C=N–C) groups is 1. The van der Waals surface area contributed by atoms with Gasteiger partial charge >= 0.3 is 0 Å². The second-order valence-electron chi connectivity index (χ2n) is 14.1. The number of benzene rings is 8. The first-order valence-electron chi connectivity index (χ1n) is 18.3. The maximum atomic E-state index is 5.56. The van der Waals surface area contributed by atoms with Crippen LogP contribution >= 0.6 is 0 Å². The smallest absolute Gasteiger partial charge is 0.0779 e. The van der Waals surface area contributed by atoms with Gasteiger partial charge in [0.1, 0.15) is 0 Å². The number of rotatable bonds is 6. The zero-order valence-electron chi connectivity index (χ0n) is 29.4. The Labute approximate surface area is 309 Å². The van der Waals surface area contributed by atoms with Crippen LogP contribution in [0.1, 0.15) is 40.3 Å². The number of hydrogen-bond acceptors (Lipinski definition) is 1. The lowest BCUT2D eigenvalue weighted by Crippen LogP contribution is -2.31. The summed E-state index contributed by atoms with van der Waals surface area (Å²) in [6.45, 7) is 2.33. The van der Waals surface area contributed by atoms with E-state index in [2.05, 4.69) is 212 Å². The molecule has 1 aliphatic rings. The summed E-state index contributed by atoms with van der Waals surface area (Å²) < 4.78 is 2.40. The van der Waals surface area contributed by atoms with Crippen molar-refractivity contribution in [1.82, 2.24) is 4.57 Å². The third-order valence-electron chi connectivity index (χ3n) is 11.1. The normalized spacial score (nSPS) is 15.6. The summed E-state index contributed by atoms with van der Waals surface area (Å²) in [7, 11) is 0. The standard InChI is InChI=1S/C51H36N2/c1-51(41-21-9-4-10-22-41)45-31-32-47-48(49(45)52-50(51)39-18-7-3-8-19-39)43-23-13-14-24-46(43)53(47)42-29-27-38(28-30-42)44(37-16-5-2-6-17-37)34-35-25-26-36-15-11-12-20-40(36)33-35/h2-34H,1H3. The van der Waals surface area contributed by atoms with Crippen LogP contribution in [0.4, 0.5) is 5.69 Å². The van der Waals surface area contributed by atoms with Gasteiger partial charge in [-0.2, -0.15) is 0 Å². The molecule has 53 heavy (non-hydrogen) atoms. The Hall–Kier alpha value is -6.77. The maximum absolute atomic E-state index is 5.56. The molecule has 0 radical (unpaired) electrons. The summed E-state index contributed by atoms with van der Waals surface area (Å²) >= 11 is 0. The largest absolute Gasteiger partial charge is 0.309 e. The second kappa shape index (κ2) is 12.5. The minimum atomic E-state index is -0.401. The predicted molar refractivity (Wildman–Crippen MR) is 224 cm³/mol. The van der Waals surface area contributed by atoms with Crippen molar-refractivity contribution in [2.45, 2.75) is 12.3 Å². The molecule has 2 heteroatoms. The Kier molecular flexibility index (Phi) is 7.30. The quantitative estimate of drug-likeness (QED) is 0.156. The van der Waals surface area contributed by atoms with Crippen molar-refractivity contribution in [3.05, 3.63) is 228 Å². The van der Waals surface area contributed by atoms with Gasteiger partial charge in [-0.15, -0.1) is 0 Å². The summed E-state index contributed by atoms with van der Waals surface area (Å²) in [5, 5.41) is 4.89. The first-order chi connectivity index (χ1) is 26.2. The van der Waals surface area contributed by atoms with Gasteiger partial charge in [-0.25, -0.2) is 0 Å². The summed E-state index contributed by atoms with van der Waals surface area (Å²) in [5.41, 5.74) is 13.5. The highest BCUT2D eigenvalue weighted by molar-refractivity contribution is 6.22. The van der Waals surface area contributed by atoms with Crippen LogP contribution < -0.4 is 0 Å². The van der Waals surface area contributed by atoms with E-state index in [4.69, 9.17) is 4.99 Å². The molecule has 9 aromatic rings. The van der Waals surface area contributed by atoms with Gasteiger partial charge in [-0.1, -0.05) is 164 Å². The molecule has 0 spiro atoms. The molecule has 1 aromatic heterocycles. The van der Waals surface area contributed by atoms with Gasteiger partial charge in [0.25, 0.3) is 0 Å². The van der Waals surface area contributed by atoms with E-state index in [-0.39, 0.29) is 0 Å². The summed E-state index contributed by atoms with van der Waals surface area (Å²) in [5.74, 6) is 0. The molecule has 0 fully saturated rings. The second-order valence-corrected chi connectivity index (χ2v) is 14.1. The topological polar surface area (TPSA) is 17.3 Å². The van der Waals surface area contributed by atoms with Crippen LogP contribution in [0.5, 0.6) is 0 Å². The Morgan fingerprint density at radius 2 is 1.19 bits per heavy atom. The van der Waals surface area contributed by atoms with Crippen LogP contribution in [0.15, 0.2) is 199 Å². The number of fused-ring (bicyclic) bond motifs is 6. The zero-order chi connectivity index (χ0) is 35.4. The summed E-state index contributed by atoms with van der Waals surface area (Å²) in [6, 6.07) is 69.9. The molecule has 10 rings (SSSR count). The Morgan fingerprint density at radius 3 is 1.96 bits per heavy atom. The van der Waals surface area contributed by atoms with Gasteiger partial charge in [0.15, 0.2) is 0 Å². The van der Waals surface area contributed by atoms with Gasteiger partial charge in [0.2, 0.25) is 0 Å². The summed E-state index contributed by atoms with van der Waals surface area (Å²) in [6.07, 6.45) is 2.31. The predicted octanol–water partition coefficient (Wildman–Crippen LogP) is 13.0.